The lowest BCUT2D eigenvalue weighted by molar-refractivity contribution is 0.0595. The van der Waals surface area contributed by atoms with E-state index in [0.717, 1.165) is 10.0 Å². The molecule has 0 N–H and O–H groups in total. The highest BCUT2D eigenvalue weighted by Gasteiger charge is 2.13. The van der Waals surface area contributed by atoms with E-state index in [-0.39, 0.29) is 0 Å². The number of esters is 1. The largest absolute Gasteiger partial charge is 0.464 e. The van der Waals surface area contributed by atoms with Crippen molar-refractivity contribution in [1.82, 2.24) is 4.98 Å². The van der Waals surface area contributed by atoms with Crippen molar-refractivity contribution in [2.24, 2.45) is 0 Å². The first kappa shape index (κ1) is 12.5. The molecule has 0 spiro atoms. The molecule has 0 aliphatic carbocycles. The highest BCUT2D eigenvalue weighted by Crippen LogP contribution is 2.32. The van der Waals surface area contributed by atoms with Gasteiger partial charge in [-0.15, -0.1) is 11.3 Å². The van der Waals surface area contributed by atoms with Gasteiger partial charge in [0.1, 0.15) is 5.01 Å². The van der Waals surface area contributed by atoms with Crippen molar-refractivity contribution >= 4 is 44.8 Å². The number of thiazole rings is 1. The third-order valence-corrected chi connectivity index (χ3v) is 3.74. The lowest BCUT2D eigenvalue weighted by Crippen LogP contribution is -2.00. The number of ether oxygens (including phenoxy) is 1. The second-order valence-corrected chi connectivity index (χ2v) is 5.33. The van der Waals surface area contributed by atoms with Gasteiger partial charge in [-0.1, -0.05) is 27.5 Å². The maximum absolute atomic E-state index is 11.3. The smallest absolute Gasteiger partial charge is 0.357 e. The lowest BCUT2D eigenvalue weighted by atomic mass is 10.2. The summed E-state index contributed by atoms with van der Waals surface area (Å²) in [6.07, 6.45) is 0. The normalized spacial score (nSPS) is 10.3. The number of halogens is 2. The Hall–Kier alpha value is -0.910. The molecule has 0 amide bonds. The Labute approximate surface area is 116 Å². The summed E-state index contributed by atoms with van der Waals surface area (Å²) in [4.78, 5) is 15.5. The zero-order chi connectivity index (χ0) is 12.4. The second kappa shape index (κ2) is 5.16. The second-order valence-electron chi connectivity index (χ2n) is 3.15. The molecular formula is C11H7BrClNO2S. The van der Waals surface area contributed by atoms with Crippen LogP contribution in [0.25, 0.3) is 10.6 Å². The van der Waals surface area contributed by atoms with Gasteiger partial charge in [0.15, 0.2) is 5.69 Å². The molecule has 0 saturated heterocycles. The summed E-state index contributed by atoms with van der Waals surface area (Å²) in [5, 5.41) is 2.94. The summed E-state index contributed by atoms with van der Waals surface area (Å²) in [6, 6.07) is 5.52. The molecule has 2 aromatic rings. The predicted octanol–water partition coefficient (Wildman–Crippen LogP) is 4.01. The minimum absolute atomic E-state index is 0.298. The van der Waals surface area contributed by atoms with E-state index in [1.54, 1.807) is 11.4 Å². The number of hydrogen-bond acceptors (Lipinski definition) is 4. The summed E-state index contributed by atoms with van der Waals surface area (Å²) < 4.78 is 5.50. The summed E-state index contributed by atoms with van der Waals surface area (Å²) in [5.74, 6) is -0.444. The lowest BCUT2D eigenvalue weighted by Gasteiger charge is -2.00. The molecule has 0 aliphatic rings. The minimum Gasteiger partial charge on any atom is -0.464 e. The molecule has 0 saturated carbocycles. The van der Waals surface area contributed by atoms with Crippen molar-refractivity contribution in [2.75, 3.05) is 7.11 Å². The van der Waals surface area contributed by atoms with Crippen molar-refractivity contribution in [3.8, 4) is 10.6 Å². The Balaban J connectivity index is 2.40. The maximum atomic E-state index is 11.3. The molecule has 0 aliphatic heterocycles. The van der Waals surface area contributed by atoms with Gasteiger partial charge < -0.3 is 4.74 Å². The van der Waals surface area contributed by atoms with Crippen molar-refractivity contribution in [3.63, 3.8) is 0 Å². The Bertz CT molecular complexity index is 570. The van der Waals surface area contributed by atoms with Crippen LogP contribution >= 0.6 is 38.9 Å². The minimum atomic E-state index is -0.444. The van der Waals surface area contributed by atoms with Crippen LogP contribution in [-0.2, 0) is 4.74 Å². The number of nitrogens with zero attached hydrogens (tertiary/aromatic N) is 1. The van der Waals surface area contributed by atoms with E-state index in [1.807, 2.05) is 12.1 Å². The topological polar surface area (TPSA) is 39.2 Å². The molecule has 6 heteroatoms. The van der Waals surface area contributed by atoms with Crippen LogP contribution in [0.4, 0.5) is 0 Å². The third-order valence-electron chi connectivity index (χ3n) is 2.06. The van der Waals surface area contributed by atoms with Crippen LogP contribution < -0.4 is 0 Å². The number of hydrogen-bond donors (Lipinski definition) is 0. The standard InChI is InChI=1S/C11H7BrClNO2S/c1-16-11(15)9-5-17-10(14-9)7-3-2-6(12)4-8(7)13/h2-5H,1H3. The zero-order valence-electron chi connectivity index (χ0n) is 8.74. The van der Waals surface area contributed by atoms with Gasteiger partial charge in [-0.2, -0.15) is 0 Å². The fourth-order valence-corrected chi connectivity index (χ4v) is 2.91. The van der Waals surface area contributed by atoms with Gasteiger partial charge in [0, 0.05) is 15.4 Å². The molecule has 1 aromatic heterocycles. The number of methoxy groups -OCH3 is 1. The van der Waals surface area contributed by atoms with Gasteiger partial charge in [-0.3, -0.25) is 0 Å². The van der Waals surface area contributed by atoms with Crippen molar-refractivity contribution in [1.29, 1.82) is 0 Å². The Kier molecular flexibility index (Phi) is 3.81. The fourth-order valence-electron chi connectivity index (χ4n) is 1.26. The van der Waals surface area contributed by atoms with E-state index < -0.39 is 5.97 Å². The first-order valence-corrected chi connectivity index (χ1v) is 6.66. The van der Waals surface area contributed by atoms with Gasteiger partial charge in [0.05, 0.1) is 12.1 Å². The van der Waals surface area contributed by atoms with Gasteiger partial charge in [-0.05, 0) is 18.2 Å². The number of carbonyl (C=O) groups is 1. The molecule has 0 radical (unpaired) electrons. The van der Waals surface area contributed by atoms with E-state index in [4.69, 9.17) is 11.6 Å². The van der Waals surface area contributed by atoms with E-state index in [2.05, 4.69) is 25.7 Å². The summed E-state index contributed by atoms with van der Waals surface area (Å²) in [5.41, 5.74) is 1.10. The number of aromatic nitrogens is 1. The van der Waals surface area contributed by atoms with Crippen molar-refractivity contribution in [3.05, 3.63) is 38.8 Å². The molecule has 1 aromatic carbocycles. The molecule has 0 fully saturated rings. The number of rotatable bonds is 2. The molecule has 88 valence electrons. The first-order valence-electron chi connectivity index (χ1n) is 4.61. The van der Waals surface area contributed by atoms with Crippen LogP contribution in [0.1, 0.15) is 10.5 Å². The fraction of sp³-hybridized carbons (Fsp3) is 0.0909. The molecule has 17 heavy (non-hydrogen) atoms. The molecule has 0 atom stereocenters. The maximum Gasteiger partial charge on any atom is 0.357 e. The molecule has 0 bridgehead atoms. The van der Waals surface area contributed by atoms with E-state index in [9.17, 15) is 4.79 Å². The third kappa shape index (κ3) is 2.68. The average molecular weight is 333 g/mol. The first-order chi connectivity index (χ1) is 8.11. The van der Waals surface area contributed by atoms with Gasteiger partial charge in [0.25, 0.3) is 0 Å². The molecule has 3 nitrogen and oxygen atoms in total. The van der Waals surface area contributed by atoms with E-state index in [1.165, 1.54) is 18.4 Å². The van der Waals surface area contributed by atoms with E-state index in [0.29, 0.717) is 15.7 Å². The highest BCUT2D eigenvalue weighted by atomic mass is 79.9. The van der Waals surface area contributed by atoms with Crippen LogP contribution in [-0.4, -0.2) is 18.1 Å². The Morgan fingerprint density at radius 1 is 1.53 bits per heavy atom. The monoisotopic (exact) mass is 331 g/mol. The summed E-state index contributed by atoms with van der Waals surface area (Å²) in [6.45, 7) is 0. The quantitative estimate of drug-likeness (QED) is 0.780. The summed E-state index contributed by atoms with van der Waals surface area (Å²) in [7, 11) is 1.33. The molecule has 0 unspecified atom stereocenters. The van der Waals surface area contributed by atoms with Crippen LogP contribution in [0.2, 0.25) is 5.02 Å². The number of benzene rings is 1. The van der Waals surface area contributed by atoms with Gasteiger partial charge >= 0.3 is 5.97 Å². The van der Waals surface area contributed by atoms with E-state index >= 15 is 0 Å². The van der Waals surface area contributed by atoms with Crippen molar-refractivity contribution in [2.45, 2.75) is 0 Å². The van der Waals surface area contributed by atoms with Crippen LogP contribution in [0.15, 0.2) is 28.1 Å². The summed E-state index contributed by atoms with van der Waals surface area (Å²) >= 11 is 10.8. The molecule has 1 heterocycles. The van der Waals surface area contributed by atoms with Gasteiger partial charge in [0.2, 0.25) is 0 Å². The SMILES string of the molecule is COC(=O)c1csc(-c2ccc(Br)cc2Cl)n1. The zero-order valence-corrected chi connectivity index (χ0v) is 11.9. The van der Waals surface area contributed by atoms with Crippen LogP contribution in [0, 0.1) is 0 Å². The van der Waals surface area contributed by atoms with Crippen LogP contribution in [0.5, 0.6) is 0 Å². The number of carbonyl (C=O) groups excluding carboxylic acids is 1. The van der Waals surface area contributed by atoms with Crippen molar-refractivity contribution < 1.29 is 9.53 Å². The average Bonchev–Trinajstić information content (AvgIpc) is 2.77. The predicted molar refractivity (Wildman–Crippen MR) is 71.6 cm³/mol. The Morgan fingerprint density at radius 3 is 2.94 bits per heavy atom. The molecule has 2 rings (SSSR count). The van der Waals surface area contributed by atoms with Crippen LogP contribution in [0.3, 0.4) is 0 Å². The molecular weight excluding hydrogens is 326 g/mol. The van der Waals surface area contributed by atoms with Gasteiger partial charge in [-0.25, -0.2) is 9.78 Å². The highest BCUT2D eigenvalue weighted by molar-refractivity contribution is 9.10. The Morgan fingerprint density at radius 2 is 2.29 bits per heavy atom.